The van der Waals surface area contributed by atoms with Crippen molar-refractivity contribution in [2.24, 2.45) is 11.3 Å². The van der Waals surface area contributed by atoms with Crippen LogP contribution >= 0.6 is 0 Å². The molecule has 0 unspecified atom stereocenters. The summed E-state index contributed by atoms with van der Waals surface area (Å²) in [7, 11) is 0. The van der Waals surface area contributed by atoms with Gasteiger partial charge in [0.25, 0.3) is 6.29 Å². The molecule has 25 heavy (non-hydrogen) atoms. The summed E-state index contributed by atoms with van der Waals surface area (Å²) in [5.41, 5.74) is 2.91. The van der Waals surface area contributed by atoms with Crippen molar-refractivity contribution >= 4 is 11.9 Å². The van der Waals surface area contributed by atoms with Crippen molar-refractivity contribution in [1.82, 2.24) is 0 Å². The van der Waals surface area contributed by atoms with E-state index >= 15 is 0 Å². The van der Waals surface area contributed by atoms with Crippen LogP contribution in [0.1, 0.15) is 40.0 Å². The molecule has 0 aromatic carbocycles. The second-order valence-corrected chi connectivity index (χ2v) is 7.76. The van der Waals surface area contributed by atoms with Crippen molar-refractivity contribution in [3.05, 3.63) is 34.6 Å². The number of hydrogen-bond acceptors (Lipinski definition) is 6. The van der Waals surface area contributed by atoms with Crippen molar-refractivity contribution in [3.8, 4) is 0 Å². The molecule has 1 saturated heterocycles. The van der Waals surface area contributed by atoms with Gasteiger partial charge in [-0.15, -0.1) is 0 Å². The number of carbonyl (C=O) groups excluding carboxylic acids is 2. The van der Waals surface area contributed by atoms with Gasteiger partial charge in [0.15, 0.2) is 0 Å². The molecular weight excluding hydrogens is 324 g/mol. The highest BCUT2D eigenvalue weighted by Gasteiger charge is 2.54. The molecule has 1 fully saturated rings. The first-order chi connectivity index (χ1) is 11.8. The summed E-state index contributed by atoms with van der Waals surface area (Å²) in [5, 5.41) is 10.4. The molecule has 0 saturated carbocycles. The third-order valence-corrected chi connectivity index (χ3v) is 5.87. The van der Waals surface area contributed by atoms with Crippen LogP contribution in [0, 0.1) is 11.3 Å². The van der Waals surface area contributed by atoms with Gasteiger partial charge in [-0.3, -0.25) is 0 Å². The molecule has 1 N–H and O–H groups in total. The number of carbonyl (C=O) groups is 2. The second kappa shape index (κ2) is 5.46. The Balaban J connectivity index is 1.56. The topological polar surface area (TPSA) is 82.1 Å². The van der Waals surface area contributed by atoms with Gasteiger partial charge in [-0.2, -0.15) is 0 Å². The van der Waals surface area contributed by atoms with Crippen molar-refractivity contribution in [2.45, 2.75) is 58.5 Å². The highest BCUT2D eigenvalue weighted by molar-refractivity contribution is 5.92. The molecule has 4 aliphatic rings. The van der Waals surface area contributed by atoms with Gasteiger partial charge >= 0.3 is 11.9 Å². The van der Waals surface area contributed by atoms with Crippen LogP contribution < -0.4 is 0 Å². The highest BCUT2D eigenvalue weighted by Crippen LogP contribution is 2.54. The van der Waals surface area contributed by atoms with E-state index in [0.717, 1.165) is 24.8 Å². The number of aliphatic hydroxyl groups excluding tert-OH is 1. The molecule has 0 spiro atoms. The summed E-state index contributed by atoms with van der Waals surface area (Å²) in [4.78, 5) is 23.7. The number of fused-ring (bicyclic) bond motifs is 2. The first-order valence-electron chi connectivity index (χ1n) is 8.65. The average Bonchev–Trinajstić information content (AvgIpc) is 3.14. The number of ether oxygens (including phenoxy) is 3. The zero-order valence-electron chi connectivity index (χ0n) is 14.6. The molecule has 2 aliphatic carbocycles. The minimum Gasteiger partial charge on any atom is -0.458 e. The van der Waals surface area contributed by atoms with E-state index in [1.165, 1.54) is 11.8 Å². The van der Waals surface area contributed by atoms with E-state index < -0.39 is 29.7 Å². The monoisotopic (exact) mass is 346 g/mol. The number of hydrogen-bond donors (Lipinski definition) is 1. The van der Waals surface area contributed by atoms with E-state index in [2.05, 4.69) is 0 Å². The molecule has 2 heterocycles. The van der Waals surface area contributed by atoms with Gasteiger partial charge in [-0.1, -0.05) is 19.4 Å². The summed E-state index contributed by atoms with van der Waals surface area (Å²) >= 11 is 0. The van der Waals surface area contributed by atoms with Gasteiger partial charge in [0, 0.05) is 23.0 Å². The van der Waals surface area contributed by atoms with E-state index in [0.29, 0.717) is 11.1 Å². The molecule has 0 bridgehead atoms. The van der Waals surface area contributed by atoms with E-state index in [-0.39, 0.29) is 12.0 Å². The SMILES string of the molecule is CC1=C[C@H](O/C=C2/C(=O)O[C@@H]3C4=C(CC[C@@H](O)C4(C)C)C[C@H]23)OC1=O. The quantitative estimate of drug-likeness (QED) is 0.357. The molecule has 4 rings (SSSR count). The Hall–Kier alpha value is -2.08. The van der Waals surface area contributed by atoms with Crippen LogP contribution in [-0.4, -0.2) is 35.5 Å². The number of rotatable bonds is 2. The van der Waals surface area contributed by atoms with Gasteiger partial charge in [0.2, 0.25) is 0 Å². The fraction of sp³-hybridized carbons (Fsp3) is 0.579. The molecule has 0 radical (unpaired) electrons. The molecule has 4 atom stereocenters. The Labute approximate surface area is 146 Å². The lowest BCUT2D eigenvalue weighted by Crippen LogP contribution is -2.38. The summed E-state index contributed by atoms with van der Waals surface area (Å²) in [5.74, 6) is -0.907. The van der Waals surface area contributed by atoms with Crippen molar-refractivity contribution in [1.29, 1.82) is 0 Å². The van der Waals surface area contributed by atoms with Gasteiger partial charge in [0.1, 0.15) is 6.10 Å². The number of aliphatic hydroxyl groups is 1. The van der Waals surface area contributed by atoms with Crippen LogP contribution in [0.15, 0.2) is 34.6 Å². The molecule has 6 heteroatoms. The fourth-order valence-corrected chi connectivity index (χ4v) is 4.39. The maximum atomic E-state index is 12.3. The Kier molecular flexibility index (Phi) is 3.58. The van der Waals surface area contributed by atoms with Crippen molar-refractivity contribution < 1.29 is 28.9 Å². The molecule has 0 aromatic heterocycles. The Morgan fingerprint density at radius 3 is 2.72 bits per heavy atom. The van der Waals surface area contributed by atoms with Gasteiger partial charge in [-0.05, 0) is 31.8 Å². The number of esters is 2. The fourth-order valence-electron chi connectivity index (χ4n) is 4.39. The zero-order chi connectivity index (χ0) is 17.9. The van der Waals surface area contributed by atoms with Gasteiger partial charge in [0.05, 0.1) is 17.9 Å². The van der Waals surface area contributed by atoms with Crippen LogP contribution in [0.4, 0.5) is 0 Å². The van der Waals surface area contributed by atoms with E-state index in [9.17, 15) is 14.7 Å². The van der Waals surface area contributed by atoms with Crippen molar-refractivity contribution in [3.63, 3.8) is 0 Å². The maximum absolute atomic E-state index is 12.3. The summed E-state index contributed by atoms with van der Waals surface area (Å²) in [6, 6.07) is 0. The largest absolute Gasteiger partial charge is 0.458 e. The third kappa shape index (κ3) is 2.42. The average molecular weight is 346 g/mol. The highest BCUT2D eigenvalue weighted by atomic mass is 16.7. The molecule has 0 aromatic rings. The molecule has 0 amide bonds. The Bertz CT molecular complexity index is 741. The first-order valence-corrected chi connectivity index (χ1v) is 8.65. The van der Waals surface area contributed by atoms with Crippen LogP contribution in [0.25, 0.3) is 0 Å². The normalized spacial score (nSPS) is 37.6. The number of allylic oxidation sites excluding steroid dienone is 1. The second-order valence-electron chi connectivity index (χ2n) is 7.76. The lowest BCUT2D eigenvalue weighted by Gasteiger charge is -2.38. The summed E-state index contributed by atoms with van der Waals surface area (Å²) in [6.45, 7) is 5.67. The predicted molar refractivity (Wildman–Crippen MR) is 86.8 cm³/mol. The minimum absolute atomic E-state index is 0.0933. The van der Waals surface area contributed by atoms with Crippen LogP contribution in [0.3, 0.4) is 0 Å². The molecule has 2 aliphatic heterocycles. The maximum Gasteiger partial charge on any atom is 0.338 e. The summed E-state index contributed by atoms with van der Waals surface area (Å²) < 4.78 is 16.1. The van der Waals surface area contributed by atoms with E-state index in [1.54, 1.807) is 13.0 Å². The molecule has 6 nitrogen and oxygen atoms in total. The summed E-state index contributed by atoms with van der Waals surface area (Å²) in [6.07, 6.45) is 3.71. The zero-order valence-corrected chi connectivity index (χ0v) is 14.6. The number of cyclic esters (lactones) is 1. The standard InChI is InChI=1S/C19H22O6/c1-9-6-14(24-17(9)21)23-8-12-11-7-10-4-5-13(20)19(2,3)15(10)16(11)25-18(12)22/h6,8,11,13-14,16,20H,4-5,7H2,1-3H3/b12-8+/t11-,13-,14-,16+/m1/s1. The van der Waals surface area contributed by atoms with Gasteiger partial charge < -0.3 is 19.3 Å². The molecular formula is C19H22O6. The smallest absolute Gasteiger partial charge is 0.338 e. The van der Waals surface area contributed by atoms with Crippen molar-refractivity contribution in [2.75, 3.05) is 0 Å². The van der Waals surface area contributed by atoms with Crippen LogP contribution in [0.5, 0.6) is 0 Å². The van der Waals surface area contributed by atoms with E-state index in [4.69, 9.17) is 14.2 Å². The minimum atomic E-state index is -0.797. The predicted octanol–water partition coefficient (Wildman–Crippen LogP) is 2.14. The third-order valence-electron chi connectivity index (χ3n) is 5.87. The Morgan fingerprint density at radius 2 is 2.04 bits per heavy atom. The first kappa shape index (κ1) is 16.4. The Morgan fingerprint density at radius 1 is 1.28 bits per heavy atom. The van der Waals surface area contributed by atoms with Crippen LogP contribution in [-0.2, 0) is 23.8 Å². The lowest BCUT2D eigenvalue weighted by molar-refractivity contribution is -0.152. The lowest BCUT2D eigenvalue weighted by atomic mass is 9.70. The van der Waals surface area contributed by atoms with E-state index in [1.807, 2.05) is 13.8 Å². The van der Waals surface area contributed by atoms with Gasteiger partial charge in [-0.25, -0.2) is 9.59 Å². The van der Waals surface area contributed by atoms with Crippen LogP contribution in [0.2, 0.25) is 0 Å². The molecule has 134 valence electrons.